The zero-order valence-corrected chi connectivity index (χ0v) is 20.3. The number of hydrogen-bond donors (Lipinski definition) is 0. The molecule has 2 heterocycles. The van der Waals surface area contributed by atoms with Gasteiger partial charge >= 0.3 is 0 Å². The molecule has 9 heteroatoms. The van der Waals surface area contributed by atoms with E-state index in [4.69, 9.17) is 21.1 Å². The molecule has 0 N–H and O–H groups in total. The average molecular weight is 490 g/mol. The van der Waals surface area contributed by atoms with Crippen LogP contribution >= 0.6 is 11.6 Å². The molecule has 4 rings (SSSR count). The highest BCUT2D eigenvalue weighted by atomic mass is 35.5. The van der Waals surface area contributed by atoms with Crippen molar-refractivity contribution in [2.24, 2.45) is 0 Å². The van der Waals surface area contributed by atoms with Crippen LogP contribution in [0.2, 0.25) is 5.02 Å². The molecule has 0 atom stereocenters. The Morgan fingerprint density at radius 2 is 1.91 bits per heavy atom. The Bertz CT molecular complexity index is 1410. The Morgan fingerprint density at radius 3 is 2.58 bits per heavy atom. The molecule has 0 radical (unpaired) electrons. The van der Waals surface area contributed by atoms with Gasteiger partial charge in [0.15, 0.2) is 0 Å². The van der Waals surface area contributed by atoms with Crippen molar-refractivity contribution in [1.82, 2.24) is 14.7 Å². The van der Waals surface area contributed by atoms with Gasteiger partial charge < -0.3 is 9.09 Å². The predicted octanol–water partition coefficient (Wildman–Crippen LogP) is 5.32. The number of imidazole rings is 1. The SMILES string of the molecule is Cc1noc(C)c1-c1ccc2c(c1)nc(CCc1ccc(Cl)c(F)c1)n2CCCS(C)(=O)=O. The maximum absolute atomic E-state index is 13.9. The minimum Gasteiger partial charge on any atom is -0.361 e. The van der Waals surface area contributed by atoms with E-state index in [0.717, 1.165) is 45.0 Å². The molecule has 0 aliphatic rings. The van der Waals surface area contributed by atoms with Gasteiger partial charge in [-0.2, -0.15) is 0 Å². The zero-order chi connectivity index (χ0) is 23.8. The number of fused-ring (bicyclic) bond motifs is 1. The lowest BCUT2D eigenvalue weighted by molar-refractivity contribution is 0.393. The Hall–Kier alpha value is -2.71. The molecule has 0 fully saturated rings. The van der Waals surface area contributed by atoms with Crippen LogP contribution in [-0.2, 0) is 29.2 Å². The number of benzene rings is 2. The fourth-order valence-electron chi connectivity index (χ4n) is 4.11. The fraction of sp³-hybridized carbons (Fsp3) is 0.333. The summed E-state index contributed by atoms with van der Waals surface area (Å²) in [5.41, 5.74) is 5.28. The molecule has 0 bridgehead atoms. The number of sulfone groups is 1. The molecule has 33 heavy (non-hydrogen) atoms. The number of aromatic nitrogens is 3. The highest BCUT2D eigenvalue weighted by Crippen LogP contribution is 2.30. The van der Waals surface area contributed by atoms with Gasteiger partial charge in [-0.05, 0) is 62.1 Å². The molecular formula is C24H25ClFN3O3S. The molecule has 0 saturated heterocycles. The van der Waals surface area contributed by atoms with Gasteiger partial charge in [-0.1, -0.05) is 28.9 Å². The minimum atomic E-state index is -3.06. The third-order valence-corrected chi connectivity index (χ3v) is 7.00. The lowest BCUT2D eigenvalue weighted by atomic mass is 10.0. The Labute approximate surface area is 197 Å². The van der Waals surface area contributed by atoms with Crippen molar-refractivity contribution < 1.29 is 17.3 Å². The van der Waals surface area contributed by atoms with Crippen molar-refractivity contribution in [1.29, 1.82) is 0 Å². The fourth-order valence-corrected chi connectivity index (χ4v) is 4.88. The molecule has 4 aromatic rings. The smallest absolute Gasteiger partial charge is 0.147 e. The van der Waals surface area contributed by atoms with E-state index in [0.29, 0.717) is 25.8 Å². The summed E-state index contributed by atoms with van der Waals surface area (Å²) in [5, 5.41) is 4.13. The maximum atomic E-state index is 13.9. The summed E-state index contributed by atoms with van der Waals surface area (Å²) in [6.45, 7) is 4.30. The zero-order valence-electron chi connectivity index (χ0n) is 18.7. The van der Waals surface area contributed by atoms with E-state index in [2.05, 4.69) is 9.72 Å². The van der Waals surface area contributed by atoms with Gasteiger partial charge in [0, 0.05) is 24.8 Å². The second-order valence-electron chi connectivity index (χ2n) is 8.31. The Morgan fingerprint density at radius 1 is 1.12 bits per heavy atom. The van der Waals surface area contributed by atoms with Crippen LogP contribution in [0.15, 0.2) is 40.9 Å². The van der Waals surface area contributed by atoms with Crippen LogP contribution in [-0.4, -0.2) is 35.1 Å². The molecule has 0 saturated carbocycles. The molecule has 0 unspecified atom stereocenters. The van der Waals surface area contributed by atoms with Crippen LogP contribution in [0.5, 0.6) is 0 Å². The molecule has 0 aliphatic carbocycles. The van der Waals surface area contributed by atoms with E-state index in [-0.39, 0.29) is 10.8 Å². The summed E-state index contributed by atoms with van der Waals surface area (Å²) in [6.07, 6.45) is 2.89. The number of aryl methyl sites for hydroxylation is 5. The summed E-state index contributed by atoms with van der Waals surface area (Å²) in [5.74, 6) is 1.22. The summed E-state index contributed by atoms with van der Waals surface area (Å²) in [7, 11) is -3.06. The summed E-state index contributed by atoms with van der Waals surface area (Å²) < 4.78 is 44.5. The molecule has 6 nitrogen and oxygen atoms in total. The second kappa shape index (κ2) is 9.27. The van der Waals surface area contributed by atoms with E-state index >= 15 is 0 Å². The largest absolute Gasteiger partial charge is 0.361 e. The van der Waals surface area contributed by atoms with Gasteiger partial charge in [0.05, 0.1) is 27.5 Å². The topological polar surface area (TPSA) is 78.0 Å². The number of rotatable bonds is 8. The molecule has 174 valence electrons. The monoisotopic (exact) mass is 489 g/mol. The van der Waals surface area contributed by atoms with Gasteiger partial charge in [-0.15, -0.1) is 0 Å². The second-order valence-corrected chi connectivity index (χ2v) is 11.0. The summed E-state index contributed by atoms with van der Waals surface area (Å²) in [4.78, 5) is 4.86. The lowest BCUT2D eigenvalue weighted by Gasteiger charge is -2.10. The van der Waals surface area contributed by atoms with E-state index in [9.17, 15) is 12.8 Å². The highest BCUT2D eigenvalue weighted by Gasteiger charge is 2.16. The maximum Gasteiger partial charge on any atom is 0.147 e. The van der Waals surface area contributed by atoms with E-state index in [1.54, 1.807) is 12.1 Å². The molecule has 0 amide bonds. The third-order valence-electron chi connectivity index (χ3n) is 5.67. The first-order chi connectivity index (χ1) is 15.6. The molecular weight excluding hydrogens is 465 g/mol. The molecule has 0 spiro atoms. The normalized spacial score (nSPS) is 12.0. The Balaban J connectivity index is 1.68. The van der Waals surface area contributed by atoms with Crippen molar-refractivity contribution in [2.75, 3.05) is 12.0 Å². The van der Waals surface area contributed by atoms with Crippen molar-refractivity contribution in [2.45, 2.75) is 39.7 Å². The van der Waals surface area contributed by atoms with Crippen LogP contribution in [0, 0.1) is 19.7 Å². The minimum absolute atomic E-state index is 0.0959. The molecule has 0 aliphatic heterocycles. The highest BCUT2D eigenvalue weighted by molar-refractivity contribution is 7.90. The first-order valence-corrected chi connectivity index (χ1v) is 13.1. The van der Waals surface area contributed by atoms with Crippen molar-refractivity contribution >= 4 is 32.5 Å². The van der Waals surface area contributed by atoms with Crippen LogP contribution < -0.4 is 0 Å². The van der Waals surface area contributed by atoms with E-state index < -0.39 is 15.7 Å². The van der Waals surface area contributed by atoms with Crippen molar-refractivity contribution in [3.8, 4) is 11.1 Å². The quantitative estimate of drug-likeness (QED) is 0.334. The Kier molecular flexibility index (Phi) is 6.59. The average Bonchev–Trinajstić information content (AvgIpc) is 3.26. The van der Waals surface area contributed by atoms with E-state index in [1.165, 1.54) is 12.3 Å². The van der Waals surface area contributed by atoms with Gasteiger partial charge in [-0.3, -0.25) is 0 Å². The van der Waals surface area contributed by atoms with Crippen LogP contribution in [0.3, 0.4) is 0 Å². The van der Waals surface area contributed by atoms with Crippen molar-refractivity contribution in [3.05, 3.63) is 70.1 Å². The van der Waals surface area contributed by atoms with Gasteiger partial charge in [0.25, 0.3) is 0 Å². The molecule has 2 aromatic carbocycles. The number of nitrogens with zero attached hydrogens (tertiary/aromatic N) is 3. The number of hydrogen-bond acceptors (Lipinski definition) is 5. The van der Waals surface area contributed by atoms with Gasteiger partial charge in [0.2, 0.25) is 0 Å². The third kappa shape index (κ3) is 5.28. The van der Waals surface area contributed by atoms with Crippen LogP contribution in [0.4, 0.5) is 4.39 Å². The standard InChI is InChI=1S/C24H25ClFN3O3S/c1-15-24(16(2)32-28-15)18-7-9-22-21(14-18)27-23(29(22)11-4-12-33(3,30)31)10-6-17-5-8-19(25)20(26)13-17/h5,7-9,13-14H,4,6,10-12H2,1-3H3. The van der Waals surface area contributed by atoms with Gasteiger partial charge in [0.1, 0.15) is 27.2 Å². The van der Waals surface area contributed by atoms with Crippen molar-refractivity contribution in [3.63, 3.8) is 0 Å². The molecule has 2 aromatic heterocycles. The first-order valence-electron chi connectivity index (χ1n) is 10.7. The van der Waals surface area contributed by atoms with E-state index in [1.807, 2.05) is 32.0 Å². The lowest BCUT2D eigenvalue weighted by Crippen LogP contribution is -2.10. The predicted molar refractivity (Wildman–Crippen MR) is 128 cm³/mol. The number of halogens is 2. The van der Waals surface area contributed by atoms with Crippen LogP contribution in [0.1, 0.15) is 29.3 Å². The van der Waals surface area contributed by atoms with Gasteiger partial charge in [-0.25, -0.2) is 17.8 Å². The summed E-state index contributed by atoms with van der Waals surface area (Å²) in [6, 6.07) is 10.8. The van der Waals surface area contributed by atoms with Crippen LogP contribution in [0.25, 0.3) is 22.2 Å². The summed E-state index contributed by atoms with van der Waals surface area (Å²) >= 11 is 5.80. The first kappa shape index (κ1) is 23.4.